The Labute approximate surface area is 168 Å². The molecule has 1 aromatic heterocycles. The lowest BCUT2D eigenvalue weighted by Gasteiger charge is -2.36. The summed E-state index contributed by atoms with van der Waals surface area (Å²) in [4.78, 5) is 22.3. The van der Waals surface area contributed by atoms with Gasteiger partial charge in [0, 0.05) is 63.7 Å². The van der Waals surface area contributed by atoms with Gasteiger partial charge in [-0.1, -0.05) is 0 Å². The van der Waals surface area contributed by atoms with E-state index >= 15 is 0 Å². The van der Waals surface area contributed by atoms with Crippen molar-refractivity contribution in [2.45, 2.75) is 38.3 Å². The number of carbonyl (C=O) groups is 1. The SMILES string of the molecule is CN=C(NCCCC(=O)NC1CC1)N1CCN(Cc2ccc(Br)s2)CC1. The summed E-state index contributed by atoms with van der Waals surface area (Å²) in [5, 5.41) is 6.44. The zero-order valence-electron chi connectivity index (χ0n) is 15.3. The van der Waals surface area contributed by atoms with Gasteiger partial charge in [-0.2, -0.15) is 0 Å². The maximum atomic E-state index is 11.7. The van der Waals surface area contributed by atoms with Crippen molar-refractivity contribution >= 4 is 39.1 Å². The number of rotatable bonds is 7. The van der Waals surface area contributed by atoms with Crippen molar-refractivity contribution in [2.75, 3.05) is 39.8 Å². The molecule has 2 N–H and O–H groups in total. The van der Waals surface area contributed by atoms with Gasteiger partial charge in [0.05, 0.1) is 3.79 Å². The monoisotopic (exact) mass is 441 g/mol. The van der Waals surface area contributed by atoms with Crippen molar-refractivity contribution < 1.29 is 4.79 Å². The highest BCUT2D eigenvalue weighted by molar-refractivity contribution is 9.11. The molecule has 0 unspecified atom stereocenters. The van der Waals surface area contributed by atoms with Crippen LogP contribution in [0.4, 0.5) is 0 Å². The normalized spacial score (nSPS) is 18.8. The van der Waals surface area contributed by atoms with Gasteiger partial charge in [-0.15, -0.1) is 11.3 Å². The van der Waals surface area contributed by atoms with Gasteiger partial charge in [-0.05, 0) is 47.3 Å². The Balaban J connectivity index is 1.33. The molecule has 0 radical (unpaired) electrons. The molecule has 0 atom stereocenters. The first-order valence-electron chi connectivity index (χ1n) is 9.35. The average molecular weight is 442 g/mol. The number of amides is 1. The molecular formula is C18H28BrN5OS. The maximum Gasteiger partial charge on any atom is 0.220 e. The Hall–Kier alpha value is -1.12. The minimum absolute atomic E-state index is 0.179. The number of carbonyl (C=O) groups excluding carboxylic acids is 1. The summed E-state index contributed by atoms with van der Waals surface area (Å²) in [6.07, 6.45) is 3.72. The molecular weight excluding hydrogens is 414 g/mol. The molecule has 144 valence electrons. The van der Waals surface area contributed by atoms with Gasteiger partial charge < -0.3 is 15.5 Å². The maximum absolute atomic E-state index is 11.7. The molecule has 2 heterocycles. The summed E-state index contributed by atoms with van der Waals surface area (Å²) in [5.41, 5.74) is 0. The molecule has 2 fully saturated rings. The van der Waals surface area contributed by atoms with E-state index in [1.54, 1.807) is 0 Å². The lowest BCUT2D eigenvalue weighted by atomic mass is 10.3. The van der Waals surface area contributed by atoms with E-state index in [1.807, 2.05) is 18.4 Å². The number of guanidine groups is 1. The van der Waals surface area contributed by atoms with E-state index in [0.717, 1.165) is 64.5 Å². The largest absolute Gasteiger partial charge is 0.356 e. The molecule has 8 heteroatoms. The summed E-state index contributed by atoms with van der Waals surface area (Å²) >= 11 is 5.34. The molecule has 1 amide bonds. The van der Waals surface area contributed by atoms with Gasteiger partial charge in [-0.3, -0.25) is 14.7 Å². The molecule has 3 rings (SSSR count). The van der Waals surface area contributed by atoms with Gasteiger partial charge in [0.15, 0.2) is 5.96 Å². The van der Waals surface area contributed by atoms with Gasteiger partial charge in [0.25, 0.3) is 0 Å². The molecule has 0 aromatic carbocycles. The number of nitrogens with one attached hydrogen (secondary N) is 2. The number of aliphatic imine (C=N–C) groups is 1. The highest BCUT2D eigenvalue weighted by Gasteiger charge is 2.23. The van der Waals surface area contributed by atoms with E-state index in [-0.39, 0.29) is 5.91 Å². The molecule has 0 spiro atoms. The van der Waals surface area contributed by atoms with Crippen molar-refractivity contribution in [3.05, 3.63) is 20.8 Å². The van der Waals surface area contributed by atoms with Crippen LogP contribution in [0, 0.1) is 0 Å². The first-order chi connectivity index (χ1) is 12.6. The van der Waals surface area contributed by atoms with Gasteiger partial charge in [-0.25, -0.2) is 0 Å². The van der Waals surface area contributed by atoms with Crippen LogP contribution in [0.2, 0.25) is 0 Å². The van der Waals surface area contributed by atoms with Crippen LogP contribution < -0.4 is 10.6 Å². The van der Waals surface area contributed by atoms with Crippen LogP contribution in [0.5, 0.6) is 0 Å². The molecule has 26 heavy (non-hydrogen) atoms. The second-order valence-electron chi connectivity index (χ2n) is 6.89. The zero-order chi connectivity index (χ0) is 18.4. The summed E-state index contributed by atoms with van der Waals surface area (Å²) < 4.78 is 1.20. The number of hydrogen-bond donors (Lipinski definition) is 2. The van der Waals surface area contributed by atoms with Gasteiger partial charge in [0.1, 0.15) is 0 Å². The predicted octanol–water partition coefficient (Wildman–Crippen LogP) is 2.26. The number of nitrogens with zero attached hydrogens (tertiary/aromatic N) is 3. The van der Waals surface area contributed by atoms with Crippen molar-refractivity contribution in [3.63, 3.8) is 0 Å². The Bertz CT molecular complexity index is 623. The van der Waals surface area contributed by atoms with E-state index in [0.29, 0.717) is 12.5 Å². The zero-order valence-corrected chi connectivity index (χ0v) is 17.7. The minimum Gasteiger partial charge on any atom is -0.356 e. The molecule has 1 aliphatic carbocycles. The third-order valence-electron chi connectivity index (χ3n) is 4.70. The van der Waals surface area contributed by atoms with E-state index in [1.165, 1.54) is 8.66 Å². The Morgan fingerprint density at radius 1 is 1.31 bits per heavy atom. The Morgan fingerprint density at radius 3 is 2.69 bits per heavy atom. The number of hydrogen-bond acceptors (Lipinski definition) is 4. The third kappa shape index (κ3) is 6.25. The Morgan fingerprint density at radius 2 is 2.08 bits per heavy atom. The standard InChI is InChI=1S/C18H28BrN5OS/c1-20-18(21-8-2-3-17(25)22-14-4-5-14)24-11-9-23(10-12-24)13-15-6-7-16(19)26-15/h6-7,14H,2-5,8-13H2,1H3,(H,20,21)(H,22,25). The van der Waals surface area contributed by atoms with Crippen molar-refractivity contribution in [2.24, 2.45) is 4.99 Å². The van der Waals surface area contributed by atoms with Crippen LogP contribution in [-0.4, -0.2) is 67.5 Å². The number of halogens is 1. The summed E-state index contributed by atoms with van der Waals surface area (Å²) in [6.45, 7) is 5.85. The van der Waals surface area contributed by atoms with E-state index in [4.69, 9.17) is 0 Å². The lowest BCUT2D eigenvalue weighted by molar-refractivity contribution is -0.121. The van der Waals surface area contributed by atoms with E-state index in [9.17, 15) is 4.79 Å². The number of piperazine rings is 1. The highest BCUT2D eigenvalue weighted by atomic mass is 79.9. The van der Waals surface area contributed by atoms with E-state index < -0.39 is 0 Å². The quantitative estimate of drug-likeness (QED) is 0.387. The Kier molecular flexibility index (Phi) is 7.33. The summed E-state index contributed by atoms with van der Waals surface area (Å²) in [5.74, 6) is 1.13. The second kappa shape index (κ2) is 9.71. The molecule has 0 bridgehead atoms. The lowest BCUT2D eigenvalue weighted by Crippen LogP contribution is -2.52. The predicted molar refractivity (Wildman–Crippen MR) is 111 cm³/mol. The van der Waals surface area contributed by atoms with Crippen LogP contribution in [0.15, 0.2) is 20.9 Å². The van der Waals surface area contributed by atoms with Crippen molar-refractivity contribution in [3.8, 4) is 0 Å². The molecule has 1 aliphatic heterocycles. The van der Waals surface area contributed by atoms with Gasteiger partial charge >= 0.3 is 0 Å². The minimum atomic E-state index is 0.179. The molecule has 1 aromatic rings. The average Bonchev–Trinajstić information content (AvgIpc) is 3.35. The van der Waals surface area contributed by atoms with E-state index in [2.05, 4.69) is 53.5 Å². The van der Waals surface area contributed by atoms with Crippen LogP contribution in [0.1, 0.15) is 30.6 Å². The van der Waals surface area contributed by atoms with Crippen LogP contribution >= 0.6 is 27.3 Å². The fraction of sp³-hybridized carbons (Fsp3) is 0.667. The first-order valence-corrected chi connectivity index (χ1v) is 11.0. The second-order valence-corrected chi connectivity index (χ2v) is 9.44. The van der Waals surface area contributed by atoms with Crippen LogP contribution in [0.25, 0.3) is 0 Å². The van der Waals surface area contributed by atoms with Crippen LogP contribution in [0.3, 0.4) is 0 Å². The topological polar surface area (TPSA) is 60.0 Å². The summed E-state index contributed by atoms with van der Waals surface area (Å²) in [6, 6.07) is 4.77. The molecule has 2 aliphatic rings. The smallest absolute Gasteiger partial charge is 0.220 e. The third-order valence-corrected chi connectivity index (χ3v) is 6.31. The number of thiophene rings is 1. The summed E-state index contributed by atoms with van der Waals surface area (Å²) in [7, 11) is 1.83. The fourth-order valence-corrected chi connectivity index (χ4v) is 4.61. The highest BCUT2D eigenvalue weighted by Crippen LogP contribution is 2.23. The fourth-order valence-electron chi connectivity index (χ4n) is 3.08. The first kappa shape index (κ1) is 19.6. The molecule has 1 saturated heterocycles. The van der Waals surface area contributed by atoms with Crippen molar-refractivity contribution in [1.29, 1.82) is 0 Å². The molecule has 6 nitrogen and oxygen atoms in total. The van der Waals surface area contributed by atoms with Crippen molar-refractivity contribution in [1.82, 2.24) is 20.4 Å². The van der Waals surface area contributed by atoms with Gasteiger partial charge in [0.2, 0.25) is 5.91 Å². The molecule has 1 saturated carbocycles. The van der Waals surface area contributed by atoms with Crippen LogP contribution in [-0.2, 0) is 11.3 Å².